The Morgan fingerprint density at radius 3 is 2.50 bits per heavy atom. The minimum Gasteiger partial charge on any atom is -0.355 e. The van der Waals surface area contributed by atoms with Crippen LogP contribution in [0.1, 0.15) is 27.0 Å². The Kier molecular flexibility index (Phi) is 6.37. The Morgan fingerprint density at radius 2 is 1.79 bits per heavy atom. The molecule has 0 fully saturated rings. The number of benzene rings is 2. The normalized spacial score (nSPS) is 11.0. The molecule has 0 aromatic heterocycles. The van der Waals surface area contributed by atoms with Crippen molar-refractivity contribution >= 4 is 11.9 Å². The summed E-state index contributed by atoms with van der Waals surface area (Å²) in [6.07, 6.45) is 0. The summed E-state index contributed by atoms with van der Waals surface area (Å²) in [5.74, 6) is 0.641. The van der Waals surface area contributed by atoms with Crippen LogP contribution in [0.3, 0.4) is 0 Å². The van der Waals surface area contributed by atoms with Crippen LogP contribution in [0, 0.1) is 6.92 Å². The summed E-state index contributed by atoms with van der Waals surface area (Å²) in [6, 6.07) is 15.8. The van der Waals surface area contributed by atoms with Crippen LogP contribution in [0.25, 0.3) is 0 Å². The third-order valence-electron chi connectivity index (χ3n) is 3.81. The highest BCUT2D eigenvalue weighted by Gasteiger charge is 2.05. The fraction of sp³-hybridized carbons (Fsp3) is 0.263. The van der Waals surface area contributed by atoms with Crippen molar-refractivity contribution in [3.8, 4) is 0 Å². The maximum Gasteiger partial charge on any atom is 0.251 e. The SMILES string of the molecule is CN=C(NCc1cccc(C(=O)NC)c1)NCc1ccccc1C. The number of aryl methyl sites for hydroxylation is 1. The average Bonchev–Trinajstić information content (AvgIpc) is 2.62. The fourth-order valence-electron chi connectivity index (χ4n) is 2.36. The second-order valence-electron chi connectivity index (χ2n) is 5.49. The molecule has 0 spiro atoms. The maximum absolute atomic E-state index is 11.7. The molecule has 126 valence electrons. The first-order valence-corrected chi connectivity index (χ1v) is 7.94. The number of hydrogen-bond acceptors (Lipinski definition) is 2. The van der Waals surface area contributed by atoms with Gasteiger partial charge in [-0.15, -0.1) is 0 Å². The number of carbonyl (C=O) groups is 1. The molecule has 0 bridgehead atoms. The van der Waals surface area contributed by atoms with E-state index in [1.807, 2.05) is 30.3 Å². The van der Waals surface area contributed by atoms with Gasteiger partial charge in [-0.3, -0.25) is 9.79 Å². The molecule has 0 aliphatic heterocycles. The molecule has 3 N–H and O–H groups in total. The van der Waals surface area contributed by atoms with E-state index in [9.17, 15) is 4.79 Å². The summed E-state index contributed by atoms with van der Waals surface area (Å²) in [5.41, 5.74) is 4.16. The smallest absolute Gasteiger partial charge is 0.251 e. The van der Waals surface area contributed by atoms with Crippen LogP contribution in [0.2, 0.25) is 0 Å². The van der Waals surface area contributed by atoms with Crippen LogP contribution in [0.5, 0.6) is 0 Å². The van der Waals surface area contributed by atoms with Crippen molar-refractivity contribution in [1.29, 1.82) is 0 Å². The molecule has 0 unspecified atom stereocenters. The van der Waals surface area contributed by atoms with Crippen LogP contribution in [-0.4, -0.2) is 26.0 Å². The van der Waals surface area contributed by atoms with Gasteiger partial charge in [-0.2, -0.15) is 0 Å². The van der Waals surface area contributed by atoms with Gasteiger partial charge in [-0.1, -0.05) is 36.4 Å². The first-order valence-electron chi connectivity index (χ1n) is 7.94. The van der Waals surface area contributed by atoms with E-state index in [4.69, 9.17) is 0 Å². The molecule has 1 amide bonds. The van der Waals surface area contributed by atoms with Crippen LogP contribution in [-0.2, 0) is 13.1 Å². The van der Waals surface area contributed by atoms with Gasteiger partial charge >= 0.3 is 0 Å². The topological polar surface area (TPSA) is 65.5 Å². The number of nitrogens with one attached hydrogen (secondary N) is 3. The summed E-state index contributed by atoms with van der Waals surface area (Å²) in [5, 5.41) is 9.20. The number of guanidine groups is 1. The van der Waals surface area contributed by atoms with E-state index in [-0.39, 0.29) is 5.91 Å². The summed E-state index contributed by atoms with van der Waals surface area (Å²) in [6.45, 7) is 3.40. The van der Waals surface area contributed by atoms with Gasteiger partial charge in [0.2, 0.25) is 0 Å². The van der Waals surface area contributed by atoms with Gasteiger partial charge in [0.1, 0.15) is 0 Å². The molecule has 0 heterocycles. The first kappa shape index (κ1) is 17.5. The number of nitrogens with zero attached hydrogens (tertiary/aromatic N) is 1. The zero-order valence-corrected chi connectivity index (χ0v) is 14.4. The van der Waals surface area contributed by atoms with Crippen molar-refractivity contribution in [2.45, 2.75) is 20.0 Å². The Bertz CT molecular complexity index is 725. The van der Waals surface area contributed by atoms with Gasteiger partial charge in [0, 0.05) is 32.7 Å². The van der Waals surface area contributed by atoms with E-state index < -0.39 is 0 Å². The van der Waals surface area contributed by atoms with Gasteiger partial charge in [-0.25, -0.2) is 0 Å². The number of carbonyl (C=O) groups excluding carboxylic acids is 1. The third-order valence-corrected chi connectivity index (χ3v) is 3.81. The van der Waals surface area contributed by atoms with Gasteiger partial charge in [0.25, 0.3) is 5.91 Å². The lowest BCUT2D eigenvalue weighted by Gasteiger charge is -2.13. The third kappa shape index (κ3) is 4.84. The average molecular weight is 324 g/mol. The molecule has 24 heavy (non-hydrogen) atoms. The minimum atomic E-state index is -0.0843. The Labute approximate surface area is 143 Å². The predicted octanol–water partition coefficient (Wildman–Crippen LogP) is 2.22. The molecule has 2 rings (SSSR count). The van der Waals surface area contributed by atoms with E-state index in [1.165, 1.54) is 11.1 Å². The van der Waals surface area contributed by atoms with Crippen molar-refractivity contribution in [3.63, 3.8) is 0 Å². The van der Waals surface area contributed by atoms with Crippen LogP contribution in [0.4, 0.5) is 0 Å². The molecule has 2 aromatic rings. The number of aliphatic imine (C=N–C) groups is 1. The fourth-order valence-corrected chi connectivity index (χ4v) is 2.36. The second-order valence-corrected chi connectivity index (χ2v) is 5.49. The molecule has 0 aliphatic rings. The highest BCUT2D eigenvalue weighted by molar-refractivity contribution is 5.94. The first-order chi connectivity index (χ1) is 11.6. The molecule has 5 nitrogen and oxygen atoms in total. The minimum absolute atomic E-state index is 0.0843. The Hall–Kier alpha value is -2.82. The van der Waals surface area contributed by atoms with E-state index in [1.54, 1.807) is 20.2 Å². The lowest BCUT2D eigenvalue weighted by atomic mass is 10.1. The molecule has 0 saturated heterocycles. The van der Waals surface area contributed by atoms with Crippen LogP contribution < -0.4 is 16.0 Å². The monoisotopic (exact) mass is 324 g/mol. The molecular weight excluding hydrogens is 300 g/mol. The molecule has 0 atom stereocenters. The van der Waals surface area contributed by atoms with E-state index in [0.29, 0.717) is 18.7 Å². The number of amides is 1. The molecule has 0 radical (unpaired) electrons. The van der Waals surface area contributed by atoms with Crippen molar-refractivity contribution < 1.29 is 4.79 Å². The zero-order valence-electron chi connectivity index (χ0n) is 14.4. The quantitative estimate of drug-likeness (QED) is 0.584. The van der Waals surface area contributed by atoms with Gasteiger partial charge < -0.3 is 16.0 Å². The van der Waals surface area contributed by atoms with E-state index >= 15 is 0 Å². The van der Waals surface area contributed by atoms with Crippen molar-refractivity contribution in [2.24, 2.45) is 4.99 Å². The summed E-state index contributed by atoms with van der Waals surface area (Å²) >= 11 is 0. The van der Waals surface area contributed by atoms with Gasteiger partial charge in [-0.05, 0) is 35.7 Å². The van der Waals surface area contributed by atoms with E-state index in [0.717, 1.165) is 11.5 Å². The highest BCUT2D eigenvalue weighted by atomic mass is 16.1. The number of hydrogen-bond donors (Lipinski definition) is 3. The van der Waals surface area contributed by atoms with Crippen LogP contribution >= 0.6 is 0 Å². The molecule has 2 aromatic carbocycles. The van der Waals surface area contributed by atoms with Crippen molar-refractivity contribution in [2.75, 3.05) is 14.1 Å². The molecule has 0 saturated carbocycles. The lowest BCUT2D eigenvalue weighted by molar-refractivity contribution is 0.0963. The highest BCUT2D eigenvalue weighted by Crippen LogP contribution is 2.07. The summed E-state index contributed by atoms with van der Waals surface area (Å²) in [7, 11) is 3.37. The summed E-state index contributed by atoms with van der Waals surface area (Å²) < 4.78 is 0. The molecular formula is C19H24N4O. The Morgan fingerprint density at radius 1 is 1.04 bits per heavy atom. The summed E-state index contributed by atoms with van der Waals surface area (Å²) in [4.78, 5) is 15.9. The Balaban J connectivity index is 1.92. The predicted molar refractivity (Wildman–Crippen MR) is 98.0 cm³/mol. The van der Waals surface area contributed by atoms with Crippen LogP contribution in [0.15, 0.2) is 53.5 Å². The maximum atomic E-state index is 11.7. The van der Waals surface area contributed by atoms with Gasteiger partial charge in [0.15, 0.2) is 5.96 Å². The number of rotatable bonds is 5. The largest absolute Gasteiger partial charge is 0.355 e. The lowest BCUT2D eigenvalue weighted by Crippen LogP contribution is -2.36. The standard InChI is InChI=1S/C19H24N4O/c1-14-7-4-5-9-17(14)13-23-19(21-3)22-12-15-8-6-10-16(11-15)18(24)20-2/h4-11H,12-13H2,1-3H3,(H,20,24)(H2,21,22,23). The second kappa shape index (κ2) is 8.72. The van der Waals surface area contributed by atoms with Crippen molar-refractivity contribution in [1.82, 2.24) is 16.0 Å². The van der Waals surface area contributed by atoms with Gasteiger partial charge in [0.05, 0.1) is 0 Å². The molecule has 0 aliphatic carbocycles. The van der Waals surface area contributed by atoms with E-state index in [2.05, 4.69) is 40.0 Å². The molecule has 5 heteroatoms. The zero-order chi connectivity index (χ0) is 17.4. The van der Waals surface area contributed by atoms with Crippen molar-refractivity contribution in [3.05, 3.63) is 70.8 Å².